The van der Waals surface area contributed by atoms with E-state index >= 15 is 0 Å². The third kappa shape index (κ3) is 6.60. The zero-order valence-electron chi connectivity index (χ0n) is 21.1. The maximum Gasteiger partial charge on any atom is 0.416 e. The van der Waals surface area contributed by atoms with Crippen LogP contribution in [0.4, 0.5) is 13.2 Å². The number of aromatic nitrogens is 2. The first-order valence-corrected chi connectivity index (χ1v) is 10.5. The normalized spacial score (nSPS) is 14.2. The zero-order valence-corrected chi connectivity index (χ0v) is 18.1. The average molecular weight is 464 g/mol. The molecule has 0 saturated carbocycles. The van der Waals surface area contributed by atoms with E-state index < -0.39 is 24.6 Å². The van der Waals surface area contributed by atoms with Crippen LogP contribution in [0.25, 0.3) is 11.4 Å². The Bertz CT molecular complexity index is 1180. The second-order valence-electron chi connectivity index (χ2n) is 7.93. The Morgan fingerprint density at radius 3 is 2.61 bits per heavy atom. The Morgan fingerprint density at radius 1 is 1.21 bits per heavy atom. The SMILES string of the molecule is [2H]C([2H])([2H])c1cnc(-c2ccc(C(F)(F)F)cc2)n1Cc1ccccc1OCCCC(C)CC(=O)O. The highest BCUT2D eigenvalue weighted by Gasteiger charge is 2.30. The first-order valence-electron chi connectivity index (χ1n) is 12.0. The molecule has 3 aromatic rings. The summed E-state index contributed by atoms with van der Waals surface area (Å²) in [5.41, 5.74) is 0.170. The molecule has 33 heavy (non-hydrogen) atoms. The van der Waals surface area contributed by atoms with E-state index in [1.165, 1.54) is 22.9 Å². The smallest absolute Gasteiger partial charge is 0.416 e. The lowest BCUT2D eigenvalue weighted by molar-refractivity contribution is -0.138. The maximum atomic E-state index is 13.0. The molecule has 1 aromatic heterocycles. The highest BCUT2D eigenvalue weighted by molar-refractivity contribution is 5.66. The molecular formula is C25H27F3N2O3. The van der Waals surface area contributed by atoms with Crippen molar-refractivity contribution in [1.82, 2.24) is 9.55 Å². The van der Waals surface area contributed by atoms with Crippen LogP contribution in [0.5, 0.6) is 5.75 Å². The van der Waals surface area contributed by atoms with Gasteiger partial charge in [0.1, 0.15) is 11.6 Å². The van der Waals surface area contributed by atoms with Crippen LogP contribution in [0.15, 0.2) is 54.7 Å². The molecule has 176 valence electrons. The summed E-state index contributed by atoms with van der Waals surface area (Å²) in [6.45, 7) is -0.202. The third-order valence-electron chi connectivity index (χ3n) is 5.25. The molecule has 0 radical (unpaired) electrons. The molecule has 1 heterocycles. The van der Waals surface area contributed by atoms with Crippen molar-refractivity contribution < 1.29 is 31.9 Å². The van der Waals surface area contributed by atoms with Crippen LogP contribution in [0.3, 0.4) is 0 Å². The van der Waals surface area contributed by atoms with Crippen molar-refractivity contribution in [3.63, 3.8) is 0 Å². The van der Waals surface area contributed by atoms with Gasteiger partial charge in [0.2, 0.25) is 0 Å². The number of carboxylic acid groups (broad SMARTS) is 1. The predicted molar refractivity (Wildman–Crippen MR) is 119 cm³/mol. The van der Waals surface area contributed by atoms with E-state index in [1.54, 1.807) is 24.3 Å². The van der Waals surface area contributed by atoms with Crippen LogP contribution in [0.1, 0.15) is 47.1 Å². The quantitative estimate of drug-likeness (QED) is 0.364. The number of ether oxygens (including phenoxy) is 1. The van der Waals surface area contributed by atoms with Gasteiger partial charge in [0.15, 0.2) is 0 Å². The number of benzene rings is 2. The summed E-state index contributed by atoms with van der Waals surface area (Å²) < 4.78 is 70.0. The monoisotopic (exact) mass is 463 g/mol. The number of nitrogens with zero attached hydrogens (tertiary/aromatic N) is 2. The van der Waals surface area contributed by atoms with E-state index in [1.807, 2.05) is 6.92 Å². The number of imidazole rings is 1. The first-order chi connectivity index (χ1) is 16.9. The fourth-order valence-electron chi connectivity index (χ4n) is 3.53. The van der Waals surface area contributed by atoms with E-state index in [4.69, 9.17) is 14.0 Å². The molecule has 1 atom stereocenters. The van der Waals surface area contributed by atoms with Gasteiger partial charge >= 0.3 is 12.1 Å². The average Bonchev–Trinajstić information content (AvgIpc) is 3.21. The second-order valence-corrected chi connectivity index (χ2v) is 7.93. The Morgan fingerprint density at radius 2 is 1.94 bits per heavy atom. The molecule has 0 fully saturated rings. The van der Waals surface area contributed by atoms with Gasteiger partial charge in [-0.25, -0.2) is 4.98 Å². The number of aliphatic carboxylic acids is 1. The minimum atomic E-state index is -4.49. The molecular weight excluding hydrogens is 433 g/mol. The molecule has 0 spiro atoms. The number of alkyl halides is 3. The Kier molecular flexibility index (Phi) is 6.50. The van der Waals surface area contributed by atoms with Gasteiger partial charge in [0.25, 0.3) is 0 Å². The largest absolute Gasteiger partial charge is 0.493 e. The lowest BCUT2D eigenvalue weighted by Gasteiger charge is -2.16. The molecule has 0 bridgehead atoms. The van der Waals surface area contributed by atoms with Crippen molar-refractivity contribution in [2.45, 2.75) is 45.8 Å². The van der Waals surface area contributed by atoms with E-state index in [9.17, 15) is 18.0 Å². The van der Waals surface area contributed by atoms with E-state index in [0.717, 1.165) is 12.1 Å². The summed E-state index contributed by atoms with van der Waals surface area (Å²) >= 11 is 0. The molecule has 2 aromatic carbocycles. The highest BCUT2D eigenvalue weighted by Crippen LogP contribution is 2.31. The second kappa shape index (κ2) is 10.6. The number of aryl methyl sites for hydroxylation is 1. The fourth-order valence-corrected chi connectivity index (χ4v) is 3.53. The molecule has 0 aliphatic heterocycles. The van der Waals surface area contributed by atoms with Gasteiger partial charge < -0.3 is 14.4 Å². The van der Waals surface area contributed by atoms with Crippen LogP contribution >= 0.6 is 0 Å². The number of halogens is 3. The minimum absolute atomic E-state index is 0.0143. The summed E-state index contributed by atoms with van der Waals surface area (Å²) in [6, 6.07) is 11.5. The van der Waals surface area contributed by atoms with Gasteiger partial charge in [-0.15, -0.1) is 0 Å². The van der Waals surface area contributed by atoms with Crippen LogP contribution in [-0.2, 0) is 17.5 Å². The van der Waals surface area contributed by atoms with Crippen molar-refractivity contribution in [3.8, 4) is 17.1 Å². The van der Waals surface area contributed by atoms with Crippen LogP contribution in [-0.4, -0.2) is 27.2 Å². The highest BCUT2D eigenvalue weighted by atomic mass is 19.4. The zero-order chi connectivity index (χ0) is 26.5. The molecule has 5 nitrogen and oxygen atoms in total. The van der Waals surface area contributed by atoms with E-state index in [0.29, 0.717) is 36.3 Å². The summed E-state index contributed by atoms with van der Waals surface area (Å²) in [6.07, 6.45) is -1.86. The molecule has 0 amide bonds. The van der Waals surface area contributed by atoms with Gasteiger partial charge in [-0.3, -0.25) is 4.79 Å². The predicted octanol–water partition coefficient (Wildman–Crippen LogP) is 6.20. The number of carbonyl (C=O) groups is 1. The lowest BCUT2D eigenvalue weighted by Crippen LogP contribution is -2.09. The summed E-state index contributed by atoms with van der Waals surface area (Å²) in [4.78, 5) is 15.0. The Balaban J connectivity index is 1.85. The first kappa shape index (κ1) is 20.3. The van der Waals surface area contributed by atoms with Crippen LogP contribution in [0.2, 0.25) is 0 Å². The van der Waals surface area contributed by atoms with Crippen LogP contribution < -0.4 is 4.74 Å². The topological polar surface area (TPSA) is 64.4 Å². The van der Waals surface area contributed by atoms with Crippen molar-refractivity contribution in [2.75, 3.05) is 6.61 Å². The van der Waals surface area contributed by atoms with Gasteiger partial charge in [-0.2, -0.15) is 13.2 Å². The summed E-state index contributed by atoms with van der Waals surface area (Å²) in [5.74, 6) is -0.0671. The molecule has 1 unspecified atom stereocenters. The van der Waals surface area contributed by atoms with E-state index in [2.05, 4.69) is 4.98 Å². The molecule has 0 aliphatic carbocycles. The number of carboxylic acids is 1. The Labute approximate surface area is 195 Å². The van der Waals surface area contributed by atoms with Crippen molar-refractivity contribution in [3.05, 3.63) is 71.5 Å². The maximum absolute atomic E-state index is 13.0. The molecule has 0 saturated heterocycles. The lowest BCUT2D eigenvalue weighted by atomic mass is 10.0. The number of hydrogen-bond acceptors (Lipinski definition) is 3. The number of hydrogen-bond donors (Lipinski definition) is 1. The van der Waals surface area contributed by atoms with Crippen LogP contribution in [0, 0.1) is 12.8 Å². The Hall–Kier alpha value is -3.29. The third-order valence-corrected chi connectivity index (χ3v) is 5.25. The van der Waals surface area contributed by atoms with Gasteiger partial charge in [-0.05, 0) is 43.8 Å². The van der Waals surface area contributed by atoms with E-state index in [-0.39, 0.29) is 30.4 Å². The summed E-state index contributed by atoms with van der Waals surface area (Å²) in [5, 5.41) is 8.88. The molecule has 8 heteroatoms. The molecule has 1 N–H and O–H groups in total. The van der Waals surface area contributed by atoms with Crippen molar-refractivity contribution in [1.29, 1.82) is 0 Å². The van der Waals surface area contributed by atoms with Crippen molar-refractivity contribution in [2.24, 2.45) is 5.92 Å². The summed E-state index contributed by atoms with van der Waals surface area (Å²) in [7, 11) is 0. The minimum Gasteiger partial charge on any atom is -0.493 e. The molecule has 3 rings (SSSR count). The van der Waals surface area contributed by atoms with Gasteiger partial charge in [0, 0.05) is 33.6 Å². The number of rotatable bonds is 10. The number of para-hydroxylation sites is 1. The standard InChI is InChI=1S/C25H27F3N2O3/c1-17(14-23(31)32)6-5-13-33-22-8-4-3-7-20(22)16-30-18(2)15-29-24(30)19-9-11-21(12-10-19)25(26,27)28/h3-4,7-12,15,17H,5-6,13-14,16H2,1-2H3,(H,31,32)/i2D3. The fraction of sp³-hybridized carbons (Fsp3) is 0.360. The van der Waals surface area contributed by atoms with Crippen molar-refractivity contribution >= 4 is 5.97 Å². The van der Waals surface area contributed by atoms with Gasteiger partial charge in [-0.1, -0.05) is 37.3 Å². The van der Waals surface area contributed by atoms with Gasteiger partial charge in [0.05, 0.1) is 18.7 Å². The molecule has 0 aliphatic rings.